The van der Waals surface area contributed by atoms with Crippen molar-refractivity contribution in [2.75, 3.05) is 25.4 Å². The highest BCUT2D eigenvalue weighted by molar-refractivity contribution is 7.99. The summed E-state index contributed by atoms with van der Waals surface area (Å²) in [6.07, 6.45) is 2.77. The van der Waals surface area contributed by atoms with Crippen molar-refractivity contribution in [2.45, 2.75) is 45.3 Å². The summed E-state index contributed by atoms with van der Waals surface area (Å²) < 4.78 is 2.19. The minimum atomic E-state index is -0.806. The Morgan fingerprint density at radius 3 is 2.60 bits per heavy atom. The van der Waals surface area contributed by atoms with E-state index in [1.165, 1.54) is 11.8 Å². The summed E-state index contributed by atoms with van der Waals surface area (Å²) in [5.74, 6) is -0.753. The number of rotatable bonds is 9. The van der Waals surface area contributed by atoms with Crippen molar-refractivity contribution in [3.63, 3.8) is 0 Å². The highest BCUT2D eigenvalue weighted by Crippen LogP contribution is 2.24. The van der Waals surface area contributed by atoms with Crippen LogP contribution in [0.15, 0.2) is 11.4 Å². The number of hydrogen-bond donors (Lipinski definition) is 1. The predicted octanol–water partition coefficient (Wildman–Crippen LogP) is 2.53. The Kier molecular flexibility index (Phi) is 7.09. The van der Waals surface area contributed by atoms with Gasteiger partial charge in [-0.1, -0.05) is 32.5 Å². The molecule has 114 valence electrons. The Hall–Kier alpha value is -1.01. The van der Waals surface area contributed by atoms with Crippen LogP contribution in [0.25, 0.3) is 0 Å². The Labute approximate surface area is 125 Å². The van der Waals surface area contributed by atoms with Gasteiger partial charge in [0.2, 0.25) is 0 Å². The van der Waals surface area contributed by atoms with Crippen molar-refractivity contribution >= 4 is 17.7 Å². The summed E-state index contributed by atoms with van der Waals surface area (Å²) in [6, 6.07) is 0.295. The third kappa shape index (κ3) is 4.52. The molecule has 0 saturated carbocycles. The molecule has 0 aromatic carbocycles. The van der Waals surface area contributed by atoms with Gasteiger partial charge in [-0.05, 0) is 26.4 Å². The molecule has 20 heavy (non-hydrogen) atoms. The predicted molar refractivity (Wildman–Crippen MR) is 82.5 cm³/mol. The van der Waals surface area contributed by atoms with Gasteiger partial charge in [0.1, 0.15) is 0 Å². The fourth-order valence-corrected chi connectivity index (χ4v) is 3.10. The summed E-state index contributed by atoms with van der Waals surface area (Å²) in [5, 5.41) is 9.63. The maximum Gasteiger partial charge on any atom is 0.313 e. The molecular formula is C14H25N3O2S. The molecule has 5 nitrogen and oxygen atoms in total. The number of carboxylic acid groups (broad SMARTS) is 1. The van der Waals surface area contributed by atoms with Crippen molar-refractivity contribution in [1.29, 1.82) is 0 Å². The quantitative estimate of drug-likeness (QED) is 0.710. The minimum absolute atomic E-state index is 0.0537. The van der Waals surface area contributed by atoms with Crippen LogP contribution in [0.3, 0.4) is 0 Å². The fraction of sp³-hybridized carbons (Fsp3) is 0.714. The Bertz CT molecular complexity index is 430. The van der Waals surface area contributed by atoms with E-state index in [0.717, 1.165) is 36.9 Å². The molecule has 1 heterocycles. The number of aryl methyl sites for hydroxylation is 1. The van der Waals surface area contributed by atoms with E-state index in [9.17, 15) is 4.79 Å². The molecule has 1 aromatic heterocycles. The monoisotopic (exact) mass is 299 g/mol. The van der Waals surface area contributed by atoms with Gasteiger partial charge in [-0.2, -0.15) is 0 Å². The highest BCUT2D eigenvalue weighted by atomic mass is 32.2. The zero-order valence-electron chi connectivity index (χ0n) is 12.8. The van der Waals surface area contributed by atoms with E-state index in [1.54, 1.807) is 0 Å². The van der Waals surface area contributed by atoms with Crippen molar-refractivity contribution in [3.05, 3.63) is 11.9 Å². The van der Waals surface area contributed by atoms with E-state index in [1.807, 2.05) is 6.20 Å². The minimum Gasteiger partial charge on any atom is -0.481 e. The van der Waals surface area contributed by atoms with Crippen LogP contribution in [-0.4, -0.2) is 50.9 Å². The molecule has 0 spiro atoms. The van der Waals surface area contributed by atoms with Crippen molar-refractivity contribution < 1.29 is 9.90 Å². The van der Waals surface area contributed by atoms with E-state index in [-0.39, 0.29) is 5.75 Å². The summed E-state index contributed by atoms with van der Waals surface area (Å²) in [6.45, 7) is 11.6. The number of aliphatic carboxylic acids is 1. The number of carbonyl (C=O) groups is 1. The number of carboxylic acids is 1. The number of thioether (sulfide) groups is 1. The molecule has 1 unspecified atom stereocenters. The van der Waals surface area contributed by atoms with Gasteiger partial charge in [-0.25, -0.2) is 4.98 Å². The van der Waals surface area contributed by atoms with E-state index in [2.05, 4.69) is 42.1 Å². The number of imidazole rings is 1. The topological polar surface area (TPSA) is 58.4 Å². The molecule has 0 aliphatic carbocycles. The third-order valence-corrected chi connectivity index (χ3v) is 4.34. The molecular weight excluding hydrogens is 274 g/mol. The van der Waals surface area contributed by atoms with Gasteiger partial charge in [0.05, 0.1) is 5.75 Å². The van der Waals surface area contributed by atoms with Gasteiger partial charge in [-0.15, -0.1) is 0 Å². The summed E-state index contributed by atoms with van der Waals surface area (Å²) in [4.78, 5) is 17.5. The molecule has 0 saturated heterocycles. The average molecular weight is 299 g/mol. The van der Waals surface area contributed by atoms with Gasteiger partial charge in [-0.3, -0.25) is 4.79 Å². The maximum atomic E-state index is 10.7. The van der Waals surface area contributed by atoms with E-state index >= 15 is 0 Å². The van der Waals surface area contributed by atoms with E-state index in [0.29, 0.717) is 6.04 Å². The molecule has 1 atom stereocenters. The van der Waals surface area contributed by atoms with Crippen LogP contribution in [0.4, 0.5) is 0 Å². The molecule has 6 heteroatoms. The Morgan fingerprint density at radius 2 is 2.10 bits per heavy atom. The molecule has 1 rings (SSSR count). The Balaban J connectivity index is 2.88. The average Bonchev–Trinajstić information content (AvgIpc) is 2.85. The normalized spacial score (nSPS) is 12.8. The largest absolute Gasteiger partial charge is 0.481 e. The van der Waals surface area contributed by atoms with Crippen LogP contribution in [0.5, 0.6) is 0 Å². The zero-order valence-corrected chi connectivity index (χ0v) is 13.6. The van der Waals surface area contributed by atoms with Gasteiger partial charge >= 0.3 is 5.97 Å². The molecule has 0 aliphatic rings. The second kappa shape index (κ2) is 8.32. The molecule has 0 bridgehead atoms. The maximum absolute atomic E-state index is 10.7. The SMILES string of the molecule is CCc1cnc(SCC(=O)O)n1C(C)CN(CC)CC. The lowest BCUT2D eigenvalue weighted by atomic mass is 10.2. The molecule has 0 fully saturated rings. The summed E-state index contributed by atoms with van der Waals surface area (Å²) >= 11 is 1.30. The van der Waals surface area contributed by atoms with Crippen LogP contribution < -0.4 is 0 Å². The first kappa shape index (κ1) is 17.0. The summed E-state index contributed by atoms with van der Waals surface area (Å²) in [5.41, 5.74) is 1.16. The van der Waals surface area contributed by atoms with Gasteiger partial charge in [0.25, 0.3) is 0 Å². The first-order valence-corrected chi connectivity index (χ1v) is 8.14. The van der Waals surface area contributed by atoms with Crippen LogP contribution in [-0.2, 0) is 11.2 Å². The van der Waals surface area contributed by atoms with Crippen LogP contribution in [0.2, 0.25) is 0 Å². The Morgan fingerprint density at radius 1 is 1.45 bits per heavy atom. The highest BCUT2D eigenvalue weighted by Gasteiger charge is 2.17. The van der Waals surface area contributed by atoms with Crippen molar-refractivity contribution in [2.24, 2.45) is 0 Å². The smallest absolute Gasteiger partial charge is 0.313 e. The van der Waals surface area contributed by atoms with Gasteiger partial charge in [0, 0.05) is 24.5 Å². The zero-order chi connectivity index (χ0) is 15.1. The molecule has 1 N–H and O–H groups in total. The van der Waals surface area contributed by atoms with Gasteiger partial charge in [0.15, 0.2) is 5.16 Å². The first-order valence-electron chi connectivity index (χ1n) is 7.16. The first-order chi connectivity index (χ1) is 9.53. The standard InChI is InChI=1S/C14H25N3O2S/c1-5-12-8-15-14(20-10-13(18)19)17(12)11(4)9-16(6-2)7-3/h8,11H,5-7,9-10H2,1-4H3,(H,18,19). The number of nitrogens with zero attached hydrogens (tertiary/aromatic N) is 3. The van der Waals surface area contributed by atoms with E-state index < -0.39 is 5.97 Å². The summed E-state index contributed by atoms with van der Waals surface area (Å²) in [7, 11) is 0. The number of hydrogen-bond acceptors (Lipinski definition) is 4. The molecule has 1 aromatic rings. The second-order valence-corrected chi connectivity index (χ2v) is 5.72. The lowest BCUT2D eigenvalue weighted by Gasteiger charge is -2.25. The third-order valence-electron chi connectivity index (χ3n) is 3.38. The lowest BCUT2D eigenvalue weighted by Crippen LogP contribution is -2.30. The van der Waals surface area contributed by atoms with Crippen LogP contribution in [0, 0.1) is 0 Å². The van der Waals surface area contributed by atoms with E-state index in [4.69, 9.17) is 5.11 Å². The van der Waals surface area contributed by atoms with Crippen LogP contribution >= 0.6 is 11.8 Å². The molecule has 0 amide bonds. The number of likely N-dealkylation sites (N-methyl/N-ethyl adjacent to an activating group) is 1. The lowest BCUT2D eigenvalue weighted by molar-refractivity contribution is -0.133. The second-order valence-electron chi connectivity index (χ2n) is 4.77. The fourth-order valence-electron chi connectivity index (χ4n) is 2.28. The van der Waals surface area contributed by atoms with Crippen LogP contribution in [0.1, 0.15) is 39.4 Å². The molecule has 0 aliphatic heterocycles. The molecule has 0 radical (unpaired) electrons. The van der Waals surface area contributed by atoms with Crippen molar-refractivity contribution in [3.8, 4) is 0 Å². The van der Waals surface area contributed by atoms with Crippen molar-refractivity contribution in [1.82, 2.24) is 14.5 Å². The van der Waals surface area contributed by atoms with Gasteiger partial charge < -0.3 is 14.6 Å². The number of aromatic nitrogens is 2.